The van der Waals surface area contributed by atoms with Gasteiger partial charge in [0.25, 0.3) is 0 Å². The highest BCUT2D eigenvalue weighted by atomic mass is 32.2. The fraction of sp³-hybridized carbons (Fsp3) is 0.692. The zero-order chi connectivity index (χ0) is 17.3. The SMILES string of the molecule is CN([C@@H]1CCCC[C@H]1Oc1ncncc1C(F)(F)F)S(C)(=O)=O. The minimum absolute atomic E-state index is 0.464. The number of rotatable bonds is 4. The van der Waals surface area contributed by atoms with Gasteiger partial charge in [0, 0.05) is 13.2 Å². The number of hydrogen-bond acceptors (Lipinski definition) is 5. The fourth-order valence-corrected chi connectivity index (χ4v) is 3.36. The number of nitrogens with zero attached hydrogens (tertiary/aromatic N) is 3. The van der Waals surface area contributed by atoms with Crippen LogP contribution >= 0.6 is 0 Å². The van der Waals surface area contributed by atoms with Crippen LogP contribution in [0.1, 0.15) is 31.2 Å². The summed E-state index contributed by atoms with van der Waals surface area (Å²) in [7, 11) is -2.06. The Labute approximate surface area is 132 Å². The van der Waals surface area contributed by atoms with Crippen LogP contribution in [-0.4, -0.2) is 48.1 Å². The third-order valence-electron chi connectivity index (χ3n) is 3.90. The Bertz CT molecular complexity index is 651. The van der Waals surface area contributed by atoms with Gasteiger partial charge in [0.15, 0.2) is 0 Å². The Kier molecular flexibility index (Phi) is 5.14. The molecule has 1 aliphatic carbocycles. The highest BCUT2D eigenvalue weighted by Gasteiger charge is 2.39. The van der Waals surface area contributed by atoms with E-state index in [2.05, 4.69) is 9.97 Å². The summed E-state index contributed by atoms with van der Waals surface area (Å²) in [5, 5.41) is 0. The van der Waals surface area contributed by atoms with E-state index in [1.807, 2.05) is 0 Å². The molecule has 0 aliphatic heterocycles. The van der Waals surface area contributed by atoms with Crippen LogP contribution in [0, 0.1) is 0 Å². The van der Waals surface area contributed by atoms with Crippen molar-refractivity contribution in [1.29, 1.82) is 0 Å². The number of ether oxygens (including phenoxy) is 1. The molecule has 1 heterocycles. The summed E-state index contributed by atoms with van der Waals surface area (Å²) in [5.41, 5.74) is -1.06. The van der Waals surface area contributed by atoms with E-state index in [1.165, 1.54) is 7.05 Å². The Morgan fingerprint density at radius 2 is 1.96 bits per heavy atom. The molecule has 23 heavy (non-hydrogen) atoms. The predicted molar refractivity (Wildman–Crippen MR) is 76.3 cm³/mol. The van der Waals surface area contributed by atoms with Crippen LogP contribution in [-0.2, 0) is 16.2 Å². The molecule has 0 saturated heterocycles. The lowest BCUT2D eigenvalue weighted by molar-refractivity contribution is -0.140. The first-order valence-electron chi connectivity index (χ1n) is 7.07. The maximum Gasteiger partial charge on any atom is 0.423 e. The molecule has 1 aromatic rings. The molecule has 130 valence electrons. The summed E-state index contributed by atoms with van der Waals surface area (Å²) in [6.45, 7) is 0. The minimum atomic E-state index is -4.64. The standard InChI is InChI=1S/C13H18F3N3O3S/c1-19(23(2,20)21)10-5-3-4-6-11(10)22-12-9(13(14,15)16)7-17-8-18-12/h7-8,10-11H,3-6H2,1-2H3/t10-,11-/m1/s1. The molecule has 1 aliphatic rings. The predicted octanol–water partition coefficient (Wildman–Crippen LogP) is 2.08. The maximum atomic E-state index is 13.0. The Morgan fingerprint density at radius 1 is 1.30 bits per heavy atom. The molecular weight excluding hydrogens is 335 g/mol. The van der Waals surface area contributed by atoms with Crippen LogP contribution < -0.4 is 4.74 Å². The molecule has 0 amide bonds. The van der Waals surface area contributed by atoms with E-state index < -0.39 is 39.8 Å². The number of alkyl halides is 3. The number of likely N-dealkylation sites (N-methyl/N-ethyl adjacent to an activating group) is 1. The highest BCUT2D eigenvalue weighted by molar-refractivity contribution is 7.88. The first-order valence-corrected chi connectivity index (χ1v) is 8.92. The van der Waals surface area contributed by atoms with Gasteiger partial charge in [-0.2, -0.15) is 17.5 Å². The van der Waals surface area contributed by atoms with Crippen molar-refractivity contribution in [2.45, 2.75) is 44.0 Å². The van der Waals surface area contributed by atoms with Gasteiger partial charge in [-0.05, 0) is 19.3 Å². The van der Waals surface area contributed by atoms with Gasteiger partial charge in [-0.3, -0.25) is 0 Å². The monoisotopic (exact) mass is 353 g/mol. The van der Waals surface area contributed by atoms with Crippen LogP contribution in [0.3, 0.4) is 0 Å². The smallest absolute Gasteiger partial charge is 0.423 e. The van der Waals surface area contributed by atoms with Crippen molar-refractivity contribution in [2.24, 2.45) is 0 Å². The highest BCUT2D eigenvalue weighted by Crippen LogP contribution is 2.36. The first-order chi connectivity index (χ1) is 10.6. The van der Waals surface area contributed by atoms with Crippen molar-refractivity contribution in [2.75, 3.05) is 13.3 Å². The molecule has 2 rings (SSSR count). The van der Waals surface area contributed by atoms with E-state index >= 15 is 0 Å². The van der Waals surface area contributed by atoms with Crippen molar-refractivity contribution >= 4 is 10.0 Å². The molecule has 0 aromatic carbocycles. The number of sulfonamides is 1. The van der Waals surface area contributed by atoms with Gasteiger partial charge in [0.05, 0.1) is 12.3 Å². The summed E-state index contributed by atoms with van der Waals surface area (Å²) in [5.74, 6) is -0.564. The topological polar surface area (TPSA) is 72.4 Å². The van der Waals surface area contributed by atoms with Crippen LogP contribution in [0.4, 0.5) is 13.2 Å². The number of halogens is 3. The van der Waals surface area contributed by atoms with Crippen molar-refractivity contribution in [1.82, 2.24) is 14.3 Å². The second-order valence-electron chi connectivity index (χ2n) is 5.53. The average molecular weight is 353 g/mol. The Hall–Kier alpha value is -1.42. The van der Waals surface area contributed by atoms with Gasteiger partial charge in [0.2, 0.25) is 15.9 Å². The molecule has 6 nitrogen and oxygen atoms in total. The molecule has 0 bridgehead atoms. The third kappa shape index (κ3) is 4.31. The second kappa shape index (κ2) is 6.60. The van der Waals surface area contributed by atoms with E-state index in [9.17, 15) is 21.6 Å². The van der Waals surface area contributed by atoms with Gasteiger partial charge in [0.1, 0.15) is 18.0 Å². The van der Waals surface area contributed by atoms with Crippen molar-refractivity contribution in [3.05, 3.63) is 18.1 Å². The normalized spacial score (nSPS) is 23.0. The molecule has 0 radical (unpaired) electrons. The third-order valence-corrected chi connectivity index (χ3v) is 5.22. The zero-order valence-corrected chi connectivity index (χ0v) is 13.6. The second-order valence-corrected chi connectivity index (χ2v) is 7.57. The molecule has 10 heteroatoms. The van der Waals surface area contributed by atoms with E-state index in [1.54, 1.807) is 0 Å². The largest absolute Gasteiger partial charge is 0.472 e. The molecule has 1 fully saturated rings. The Morgan fingerprint density at radius 3 is 2.57 bits per heavy atom. The lowest BCUT2D eigenvalue weighted by atomic mass is 9.92. The molecule has 2 atom stereocenters. The lowest BCUT2D eigenvalue weighted by Gasteiger charge is -2.36. The van der Waals surface area contributed by atoms with Crippen molar-refractivity contribution in [3.8, 4) is 5.88 Å². The summed E-state index contributed by atoms with van der Waals surface area (Å²) >= 11 is 0. The van der Waals surface area contributed by atoms with Gasteiger partial charge < -0.3 is 4.74 Å². The van der Waals surface area contributed by atoms with Crippen molar-refractivity contribution in [3.63, 3.8) is 0 Å². The van der Waals surface area contributed by atoms with Crippen LogP contribution in [0.15, 0.2) is 12.5 Å². The lowest BCUT2D eigenvalue weighted by Crippen LogP contribution is -2.48. The van der Waals surface area contributed by atoms with E-state index in [4.69, 9.17) is 4.74 Å². The molecular formula is C13H18F3N3O3S. The zero-order valence-electron chi connectivity index (χ0n) is 12.7. The quantitative estimate of drug-likeness (QED) is 0.829. The van der Waals surface area contributed by atoms with Crippen LogP contribution in [0.5, 0.6) is 5.88 Å². The average Bonchev–Trinajstić information content (AvgIpc) is 2.45. The molecule has 1 saturated carbocycles. The Balaban J connectivity index is 2.27. The van der Waals surface area contributed by atoms with Crippen LogP contribution in [0.2, 0.25) is 0 Å². The number of aromatic nitrogens is 2. The summed E-state index contributed by atoms with van der Waals surface area (Å²) in [4.78, 5) is 6.95. The van der Waals surface area contributed by atoms with E-state index in [0.717, 1.165) is 29.7 Å². The van der Waals surface area contributed by atoms with Crippen LogP contribution in [0.25, 0.3) is 0 Å². The minimum Gasteiger partial charge on any atom is -0.472 e. The molecule has 1 aromatic heterocycles. The molecule has 0 spiro atoms. The molecule has 0 N–H and O–H groups in total. The van der Waals surface area contributed by atoms with Gasteiger partial charge >= 0.3 is 6.18 Å². The summed E-state index contributed by atoms with van der Waals surface area (Å²) < 4.78 is 69.0. The van der Waals surface area contributed by atoms with Gasteiger partial charge in [-0.1, -0.05) is 6.42 Å². The van der Waals surface area contributed by atoms with Gasteiger partial charge in [-0.15, -0.1) is 0 Å². The maximum absolute atomic E-state index is 13.0. The van der Waals surface area contributed by atoms with E-state index in [-0.39, 0.29) is 0 Å². The van der Waals surface area contributed by atoms with Gasteiger partial charge in [-0.25, -0.2) is 18.4 Å². The summed E-state index contributed by atoms with van der Waals surface area (Å²) in [6, 6.07) is -0.519. The number of hydrogen-bond donors (Lipinski definition) is 0. The van der Waals surface area contributed by atoms with Crippen molar-refractivity contribution < 1.29 is 26.3 Å². The fourth-order valence-electron chi connectivity index (χ4n) is 2.63. The molecule has 0 unspecified atom stereocenters. The van der Waals surface area contributed by atoms with E-state index in [0.29, 0.717) is 19.0 Å². The first kappa shape index (κ1) is 17.9. The summed E-state index contributed by atoms with van der Waals surface area (Å²) in [6.07, 6.45) is -0.0887.